The number of phenols is 1. The molecule has 2 rings (SSSR count). The molecule has 1 aliphatic heterocycles. The van der Waals surface area contributed by atoms with Gasteiger partial charge in [0.25, 0.3) is 0 Å². The zero-order chi connectivity index (χ0) is 14.9. The fourth-order valence-corrected chi connectivity index (χ4v) is 2.20. The van der Waals surface area contributed by atoms with Crippen LogP contribution in [0.15, 0.2) is 18.2 Å². The highest BCUT2D eigenvalue weighted by molar-refractivity contribution is 5.34. The van der Waals surface area contributed by atoms with E-state index < -0.39 is 29.9 Å². The van der Waals surface area contributed by atoms with Gasteiger partial charge in [0, 0.05) is 12.0 Å². The van der Waals surface area contributed by atoms with Crippen LogP contribution in [0.3, 0.4) is 0 Å². The Kier molecular flexibility index (Phi) is 4.29. The number of aliphatic hydroxyl groups excluding tert-OH is 2. The van der Waals surface area contributed by atoms with E-state index in [9.17, 15) is 19.7 Å². The molecule has 6 heteroatoms. The molecule has 1 aliphatic rings. The lowest BCUT2D eigenvalue weighted by Gasteiger charge is -2.22. The van der Waals surface area contributed by atoms with Crippen molar-refractivity contribution in [3.8, 4) is 5.75 Å². The Morgan fingerprint density at radius 3 is 2.70 bits per heavy atom. The van der Waals surface area contributed by atoms with Crippen LogP contribution in [0.1, 0.15) is 31.9 Å². The third-order valence-electron chi connectivity index (χ3n) is 3.27. The van der Waals surface area contributed by atoms with Crippen molar-refractivity contribution in [2.75, 3.05) is 6.61 Å². The first-order chi connectivity index (χ1) is 9.28. The van der Waals surface area contributed by atoms with E-state index >= 15 is 0 Å². The van der Waals surface area contributed by atoms with Crippen LogP contribution in [-0.4, -0.2) is 39.9 Å². The average molecular weight is 286 g/mol. The van der Waals surface area contributed by atoms with E-state index in [4.69, 9.17) is 9.47 Å². The molecule has 20 heavy (non-hydrogen) atoms. The van der Waals surface area contributed by atoms with Gasteiger partial charge in [-0.25, -0.2) is 4.39 Å². The van der Waals surface area contributed by atoms with E-state index in [-0.39, 0.29) is 24.3 Å². The van der Waals surface area contributed by atoms with Crippen molar-refractivity contribution in [3.05, 3.63) is 29.6 Å². The van der Waals surface area contributed by atoms with Crippen LogP contribution in [0, 0.1) is 5.82 Å². The number of benzene rings is 1. The Morgan fingerprint density at radius 2 is 2.10 bits per heavy atom. The zero-order valence-corrected chi connectivity index (χ0v) is 11.4. The maximum Gasteiger partial charge on any atom is 0.163 e. The average Bonchev–Trinajstić information content (AvgIpc) is 2.72. The molecular formula is C14H19FO5. The molecule has 0 radical (unpaired) electrons. The molecular weight excluding hydrogens is 267 g/mol. The topological polar surface area (TPSA) is 79.2 Å². The van der Waals surface area contributed by atoms with Gasteiger partial charge in [-0.3, -0.25) is 0 Å². The summed E-state index contributed by atoms with van der Waals surface area (Å²) in [6.45, 7) is 3.68. The molecule has 0 amide bonds. The summed E-state index contributed by atoms with van der Waals surface area (Å²) >= 11 is 0. The molecule has 0 bridgehead atoms. The minimum Gasteiger partial charge on any atom is -0.508 e. The van der Waals surface area contributed by atoms with Crippen LogP contribution >= 0.6 is 0 Å². The summed E-state index contributed by atoms with van der Waals surface area (Å²) in [6, 6.07) is 3.31. The van der Waals surface area contributed by atoms with Gasteiger partial charge in [-0.2, -0.15) is 0 Å². The number of ether oxygens (including phenoxy) is 2. The van der Waals surface area contributed by atoms with Gasteiger partial charge in [0.2, 0.25) is 0 Å². The molecule has 0 aromatic heterocycles. The monoisotopic (exact) mass is 286 g/mol. The first kappa shape index (κ1) is 15.2. The van der Waals surface area contributed by atoms with Crippen molar-refractivity contribution >= 4 is 0 Å². The predicted molar refractivity (Wildman–Crippen MR) is 68.6 cm³/mol. The standard InChI is InChI=1S/C14H19FO5/c1-14(2)19-7-13(20-14)12(18)6-11(17)9-5-8(15)3-4-10(9)16/h3-5,11-13,16-18H,6-7H2,1-2H3/t11?,12-,13+/m0/s1. The molecule has 3 atom stereocenters. The Bertz CT molecular complexity index is 477. The van der Waals surface area contributed by atoms with Gasteiger partial charge in [-0.15, -0.1) is 0 Å². The van der Waals surface area contributed by atoms with Crippen molar-refractivity contribution in [1.82, 2.24) is 0 Å². The third kappa shape index (κ3) is 3.46. The maximum absolute atomic E-state index is 13.1. The van der Waals surface area contributed by atoms with Crippen LogP contribution in [0.25, 0.3) is 0 Å². The Hall–Kier alpha value is -1.21. The Balaban J connectivity index is 2.00. The molecule has 0 aliphatic carbocycles. The van der Waals surface area contributed by atoms with E-state index in [1.165, 1.54) is 6.07 Å². The number of halogens is 1. The van der Waals surface area contributed by atoms with E-state index in [0.29, 0.717) is 0 Å². The molecule has 1 unspecified atom stereocenters. The first-order valence-electron chi connectivity index (χ1n) is 6.45. The summed E-state index contributed by atoms with van der Waals surface area (Å²) in [5.41, 5.74) is 0.0437. The van der Waals surface area contributed by atoms with Crippen molar-refractivity contribution in [2.45, 2.75) is 44.4 Å². The van der Waals surface area contributed by atoms with Crippen molar-refractivity contribution in [1.29, 1.82) is 0 Å². The fourth-order valence-electron chi connectivity index (χ4n) is 2.20. The number of hydrogen-bond donors (Lipinski definition) is 3. The SMILES string of the molecule is CC1(C)OC[C@H]([C@@H](O)CC(O)c2cc(F)ccc2O)O1. The van der Waals surface area contributed by atoms with Crippen molar-refractivity contribution in [2.24, 2.45) is 0 Å². The van der Waals surface area contributed by atoms with Gasteiger partial charge in [-0.1, -0.05) is 0 Å². The second-order valence-corrected chi connectivity index (χ2v) is 5.39. The first-order valence-corrected chi connectivity index (χ1v) is 6.45. The summed E-state index contributed by atoms with van der Waals surface area (Å²) in [5.74, 6) is -1.54. The number of aromatic hydroxyl groups is 1. The lowest BCUT2D eigenvalue weighted by atomic mass is 10.00. The highest BCUT2D eigenvalue weighted by Gasteiger charge is 2.37. The molecule has 1 saturated heterocycles. The smallest absolute Gasteiger partial charge is 0.163 e. The molecule has 0 spiro atoms. The molecule has 1 aromatic rings. The quantitative estimate of drug-likeness (QED) is 0.781. The molecule has 1 aromatic carbocycles. The van der Waals surface area contributed by atoms with Crippen molar-refractivity contribution < 1.29 is 29.2 Å². The Morgan fingerprint density at radius 1 is 1.40 bits per heavy atom. The molecule has 1 fully saturated rings. The molecule has 3 N–H and O–H groups in total. The van der Waals surface area contributed by atoms with Gasteiger partial charge in [0.1, 0.15) is 17.7 Å². The van der Waals surface area contributed by atoms with Gasteiger partial charge in [-0.05, 0) is 32.0 Å². The fraction of sp³-hybridized carbons (Fsp3) is 0.571. The lowest BCUT2D eigenvalue weighted by Crippen LogP contribution is -2.32. The number of rotatable bonds is 4. The predicted octanol–water partition coefficient (Wildman–Crippen LogP) is 1.47. The van der Waals surface area contributed by atoms with Crippen LogP contribution in [0.4, 0.5) is 4.39 Å². The summed E-state index contributed by atoms with van der Waals surface area (Å²) in [6.07, 6.45) is -2.81. The number of phenolic OH excluding ortho intramolecular Hbond substituents is 1. The lowest BCUT2D eigenvalue weighted by molar-refractivity contribution is -0.153. The molecule has 112 valence electrons. The minimum absolute atomic E-state index is 0.0437. The zero-order valence-electron chi connectivity index (χ0n) is 11.4. The largest absolute Gasteiger partial charge is 0.508 e. The van der Waals surface area contributed by atoms with E-state index in [1.54, 1.807) is 13.8 Å². The highest BCUT2D eigenvalue weighted by Crippen LogP contribution is 2.31. The Labute approximate surface area is 116 Å². The molecule has 0 saturated carbocycles. The van der Waals surface area contributed by atoms with E-state index in [1.807, 2.05) is 0 Å². The van der Waals surface area contributed by atoms with E-state index in [0.717, 1.165) is 12.1 Å². The van der Waals surface area contributed by atoms with Crippen LogP contribution in [0.5, 0.6) is 5.75 Å². The van der Waals surface area contributed by atoms with Gasteiger partial charge in [0.05, 0.1) is 18.8 Å². The summed E-state index contributed by atoms with van der Waals surface area (Å²) in [7, 11) is 0. The van der Waals surface area contributed by atoms with Gasteiger partial charge >= 0.3 is 0 Å². The molecule has 1 heterocycles. The summed E-state index contributed by atoms with van der Waals surface area (Å²) < 4.78 is 23.9. The van der Waals surface area contributed by atoms with Crippen LogP contribution in [-0.2, 0) is 9.47 Å². The summed E-state index contributed by atoms with van der Waals surface area (Å²) in [5, 5.41) is 29.6. The molecule has 5 nitrogen and oxygen atoms in total. The van der Waals surface area contributed by atoms with Crippen molar-refractivity contribution in [3.63, 3.8) is 0 Å². The van der Waals surface area contributed by atoms with Gasteiger partial charge < -0.3 is 24.8 Å². The summed E-state index contributed by atoms with van der Waals surface area (Å²) in [4.78, 5) is 0. The third-order valence-corrected chi connectivity index (χ3v) is 3.27. The maximum atomic E-state index is 13.1. The van der Waals surface area contributed by atoms with Crippen LogP contribution < -0.4 is 0 Å². The second kappa shape index (κ2) is 5.65. The number of hydrogen-bond acceptors (Lipinski definition) is 5. The minimum atomic E-state index is -1.19. The normalized spacial score (nSPS) is 24.6. The van der Waals surface area contributed by atoms with Gasteiger partial charge in [0.15, 0.2) is 5.79 Å². The van der Waals surface area contributed by atoms with Crippen LogP contribution in [0.2, 0.25) is 0 Å². The highest BCUT2D eigenvalue weighted by atomic mass is 19.1. The number of aliphatic hydroxyl groups is 2. The second-order valence-electron chi connectivity index (χ2n) is 5.39. The van der Waals surface area contributed by atoms with E-state index in [2.05, 4.69) is 0 Å².